The number of hydrogen-bond acceptors (Lipinski definition) is 4. The van der Waals surface area contributed by atoms with E-state index in [1.165, 1.54) is 0 Å². The summed E-state index contributed by atoms with van der Waals surface area (Å²) in [6, 6.07) is 10.6. The lowest BCUT2D eigenvalue weighted by atomic mass is 10.2. The Morgan fingerprint density at radius 1 is 1.25 bits per heavy atom. The van der Waals surface area contributed by atoms with E-state index in [1.807, 2.05) is 19.9 Å². The van der Waals surface area contributed by atoms with Crippen LogP contribution in [-0.2, 0) is 4.79 Å². The van der Waals surface area contributed by atoms with Gasteiger partial charge >= 0.3 is 0 Å². The van der Waals surface area contributed by atoms with Crippen LogP contribution in [0.4, 0.5) is 5.69 Å². The number of anilines is 1. The summed E-state index contributed by atoms with van der Waals surface area (Å²) in [5, 5.41) is 3.51. The van der Waals surface area contributed by atoms with Gasteiger partial charge < -0.3 is 19.5 Å². The molecule has 24 heavy (non-hydrogen) atoms. The van der Waals surface area contributed by atoms with E-state index in [0.29, 0.717) is 34.4 Å². The highest BCUT2D eigenvalue weighted by molar-refractivity contribution is 6.31. The van der Waals surface area contributed by atoms with Gasteiger partial charge in [0.25, 0.3) is 5.91 Å². The summed E-state index contributed by atoms with van der Waals surface area (Å²) in [5.41, 5.74) is 1.54. The molecule has 1 aliphatic rings. The topological polar surface area (TPSA) is 56.8 Å². The second-order valence-electron chi connectivity index (χ2n) is 5.48. The number of carbonyl (C=O) groups is 1. The molecular weight excluding hydrogens is 330 g/mol. The predicted octanol–water partition coefficient (Wildman–Crippen LogP) is 4.17. The van der Waals surface area contributed by atoms with Crippen molar-refractivity contribution >= 4 is 23.2 Å². The molecule has 0 saturated carbocycles. The van der Waals surface area contributed by atoms with E-state index < -0.39 is 6.10 Å². The van der Waals surface area contributed by atoms with Gasteiger partial charge in [-0.25, -0.2) is 0 Å². The highest BCUT2D eigenvalue weighted by atomic mass is 35.5. The lowest BCUT2D eigenvalue weighted by Crippen LogP contribution is -2.32. The van der Waals surface area contributed by atoms with Crippen molar-refractivity contribution in [3.63, 3.8) is 0 Å². The van der Waals surface area contributed by atoms with E-state index >= 15 is 0 Å². The lowest BCUT2D eigenvalue weighted by molar-refractivity contribution is -0.122. The van der Waals surface area contributed by atoms with Crippen LogP contribution in [-0.4, -0.2) is 18.8 Å². The molecule has 0 fully saturated rings. The minimum absolute atomic E-state index is 0.198. The molecule has 1 N–H and O–H groups in total. The first-order valence-corrected chi connectivity index (χ1v) is 8.08. The monoisotopic (exact) mass is 347 g/mol. The summed E-state index contributed by atoms with van der Waals surface area (Å²) < 4.78 is 16.4. The maximum absolute atomic E-state index is 12.5. The summed E-state index contributed by atoms with van der Waals surface area (Å²) in [6.45, 7) is 3.98. The van der Waals surface area contributed by atoms with Crippen molar-refractivity contribution in [1.29, 1.82) is 0 Å². The van der Waals surface area contributed by atoms with Gasteiger partial charge in [-0.2, -0.15) is 0 Å². The van der Waals surface area contributed by atoms with Gasteiger partial charge in [-0.05, 0) is 49.2 Å². The van der Waals surface area contributed by atoms with Crippen molar-refractivity contribution < 1.29 is 19.0 Å². The third-order valence-corrected chi connectivity index (χ3v) is 4.14. The molecule has 0 aliphatic carbocycles. The third kappa shape index (κ3) is 3.57. The van der Waals surface area contributed by atoms with Crippen LogP contribution >= 0.6 is 11.6 Å². The Kier molecular flexibility index (Phi) is 4.81. The first-order valence-electron chi connectivity index (χ1n) is 7.70. The highest BCUT2D eigenvalue weighted by Gasteiger charge is 2.20. The highest BCUT2D eigenvalue weighted by Crippen LogP contribution is 2.34. The number of halogens is 1. The van der Waals surface area contributed by atoms with Gasteiger partial charge in [-0.1, -0.05) is 18.5 Å². The van der Waals surface area contributed by atoms with Crippen LogP contribution in [0, 0.1) is 6.92 Å². The Morgan fingerprint density at radius 2 is 2.04 bits per heavy atom. The maximum atomic E-state index is 12.5. The standard InChI is InChI=1S/C18H18ClNO4/c1-3-15(24-13-5-6-14(19)11(2)8-13)18(21)20-12-4-7-16-17(9-12)23-10-22-16/h4-9,15H,3,10H2,1-2H3,(H,20,21). The van der Waals surface area contributed by atoms with Crippen molar-refractivity contribution in [1.82, 2.24) is 0 Å². The summed E-state index contributed by atoms with van der Waals surface area (Å²) in [5.74, 6) is 1.69. The Bertz CT molecular complexity index is 763. The Morgan fingerprint density at radius 3 is 2.79 bits per heavy atom. The SMILES string of the molecule is CCC(Oc1ccc(Cl)c(C)c1)C(=O)Nc1ccc2c(c1)OCO2. The first kappa shape index (κ1) is 16.5. The second kappa shape index (κ2) is 7.01. The quantitative estimate of drug-likeness (QED) is 0.881. The second-order valence-corrected chi connectivity index (χ2v) is 5.89. The number of fused-ring (bicyclic) bond motifs is 1. The zero-order valence-corrected chi connectivity index (χ0v) is 14.2. The molecule has 2 aromatic carbocycles. The van der Waals surface area contributed by atoms with Crippen LogP contribution in [0.1, 0.15) is 18.9 Å². The van der Waals surface area contributed by atoms with Gasteiger partial charge in [0.2, 0.25) is 6.79 Å². The lowest BCUT2D eigenvalue weighted by Gasteiger charge is -2.18. The van der Waals surface area contributed by atoms with Crippen molar-refractivity contribution in [3.05, 3.63) is 47.0 Å². The molecule has 0 radical (unpaired) electrons. The summed E-state index contributed by atoms with van der Waals surface area (Å²) in [7, 11) is 0. The predicted molar refractivity (Wildman–Crippen MR) is 92.1 cm³/mol. The van der Waals surface area contributed by atoms with Crippen molar-refractivity contribution in [2.75, 3.05) is 12.1 Å². The van der Waals surface area contributed by atoms with E-state index in [0.717, 1.165) is 5.56 Å². The van der Waals surface area contributed by atoms with E-state index in [2.05, 4.69) is 5.32 Å². The zero-order chi connectivity index (χ0) is 17.1. The van der Waals surface area contributed by atoms with E-state index in [9.17, 15) is 4.79 Å². The molecule has 0 bridgehead atoms. The van der Waals surface area contributed by atoms with Crippen LogP contribution in [0.3, 0.4) is 0 Å². The number of carbonyl (C=O) groups excluding carboxylic acids is 1. The third-order valence-electron chi connectivity index (χ3n) is 3.71. The average molecular weight is 348 g/mol. The number of ether oxygens (including phenoxy) is 3. The van der Waals surface area contributed by atoms with Crippen LogP contribution in [0.25, 0.3) is 0 Å². The summed E-state index contributed by atoms with van der Waals surface area (Å²) >= 11 is 6.01. The normalized spacial score (nSPS) is 13.5. The molecule has 126 valence electrons. The number of nitrogens with one attached hydrogen (secondary N) is 1. The molecule has 1 heterocycles. The number of benzene rings is 2. The van der Waals surface area contributed by atoms with Crippen LogP contribution in [0.2, 0.25) is 5.02 Å². The summed E-state index contributed by atoms with van der Waals surface area (Å²) in [4.78, 5) is 12.5. The number of hydrogen-bond donors (Lipinski definition) is 1. The number of rotatable bonds is 5. The van der Waals surface area contributed by atoms with E-state index in [1.54, 1.807) is 30.3 Å². The van der Waals surface area contributed by atoms with E-state index in [-0.39, 0.29) is 12.7 Å². The average Bonchev–Trinajstić information content (AvgIpc) is 3.03. The Balaban J connectivity index is 1.68. The summed E-state index contributed by atoms with van der Waals surface area (Å²) in [6.07, 6.45) is -0.0612. The molecule has 1 atom stereocenters. The van der Waals surface area contributed by atoms with Crippen LogP contribution in [0.15, 0.2) is 36.4 Å². The molecule has 6 heteroatoms. The van der Waals surface area contributed by atoms with Gasteiger partial charge in [0.1, 0.15) is 5.75 Å². The fourth-order valence-corrected chi connectivity index (χ4v) is 2.49. The molecule has 0 saturated heterocycles. The zero-order valence-electron chi connectivity index (χ0n) is 13.5. The van der Waals surface area contributed by atoms with Gasteiger partial charge in [0.05, 0.1) is 0 Å². The van der Waals surface area contributed by atoms with Crippen molar-refractivity contribution in [2.24, 2.45) is 0 Å². The largest absolute Gasteiger partial charge is 0.481 e. The first-order chi connectivity index (χ1) is 11.6. The molecule has 5 nitrogen and oxygen atoms in total. The minimum Gasteiger partial charge on any atom is -0.481 e. The molecular formula is C18H18ClNO4. The van der Waals surface area contributed by atoms with Crippen LogP contribution in [0.5, 0.6) is 17.2 Å². The molecule has 1 unspecified atom stereocenters. The fourth-order valence-electron chi connectivity index (χ4n) is 2.37. The van der Waals surface area contributed by atoms with Gasteiger partial charge in [-0.3, -0.25) is 4.79 Å². The molecule has 0 spiro atoms. The minimum atomic E-state index is -0.601. The fraction of sp³-hybridized carbons (Fsp3) is 0.278. The van der Waals surface area contributed by atoms with Gasteiger partial charge in [-0.15, -0.1) is 0 Å². The van der Waals surface area contributed by atoms with E-state index in [4.69, 9.17) is 25.8 Å². The van der Waals surface area contributed by atoms with Gasteiger partial charge in [0.15, 0.2) is 17.6 Å². The Labute approximate surface area is 145 Å². The molecule has 0 aromatic heterocycles. The van der Waals surface area contributed by atoms with Crippen molar-refractivity contribution in [2.45, 2.75) is 26.4 Å². The molecule has 3 rings (SSSR count). The Hall–Kier alpha value is -2.40. The maximum Gasteiger partial charge on any atom is 0.265 e. The number of aryl methyl sites for hydroxylation is 1. The molecule has 2 aromatic rings. The molecule has 1 amide bonds. The van der Waals surface area contributed by atoms with Crippen LogP contribution < -0.4 is 19.5 Å². The molecule has 1 aliphatic heterocycles. The van der Waals surface area contributed by atoms with Crippen molar-refractivity contribution in [3.8, 4) is 17.2 Å². The smallest absolute Gasteiger partial charge is 0.265 e. The number of amides is 1. The van der Waals surface area contributed by atoms with Gasteiger partial charge in [0, 0.05) is 16.8 Å².